The van der Waals surface area contributed by atoms with Gasteiger partial charge in [-0.15, -0.1) is 12.3 Å². The normalized spacial score (nSPS) is 11.8. The first-order chi connectivity index (χ1) is 7.76. The Hall–Kier alpha value is -1.46. The van der Waals surface area contributed by atoms with Crippen molar-refractivity contribution in [1.82, 2.24) is 5.32 Å². The van der Waals surface area contributed by atoms with E-state index >= 15 is 0 Å². The molecule has 1 aromatic rings. The lowest BCUT2D eigenvalue weighted by molar-refractivity contribution is 0.414. The Morgan fingerprint density at radius 2 is 2.06 bits per heavy atom. The highest BCUT2D eigenvalue weighted by molar-refractivity contribution is 5.27. The first kappa shape index (κ1) is 12.6. The number of hydrogen-bond acceptors (Lipinski definition) is 2. The maximum absolute atomic E-state index is 5.24. The molecule has 0 aromatic heterocycles. The molecular weight excluding hydrogens is 198 g/mol. The Bertz CT molecular complexity index is 337. The third-order valence-corrected chi connectivity index (χ3v) is 2.49. The third-order valence-electron chi connectivity index (χ3n) is 2.49. The van der Waals surface area contributed by atoms with E-state index in [-0.39, 0.29) is 0 Å². The zero-order chi connectivity index (χ0) is 11.8. The van der Waals surface area contributed by atoms with Crippen LogP contribution in [-0.4, -0.2) is 19.7 Å². The molecule has 1 N–H and O–H groups in total. The Kier molecular flexibility index (Phi) is 5.45. The summed E-state index contributed by atoms with van der Waals surface area (Å²) in [4.78, 5) is 0. The van der Waals surface area contributed by atoms with Gasteiger partial charge in [-0.25, -0.2) is 0 Å². The van der Waals surface area contributed by atoms with Crippen LogP contribution in [0.3, 0.4) is 0 Å². The highest BCUT2D eigenvalue weighted by Crippen LogP contribution is 2.11. The second-order valence-corrected chi connectivity index (χ2v) is 3.86. The van der Waals surface area contributed by atoms with Crippen LogP contribution >= 0.6 is 0 Å². The summed E-state index contributed by atoms with van der Waals surface area (Å²) in [6.07, 6.45) is 7.03. The molecule has 0 aliphatic heterocycles. The van der Waals surface area contributed by atoms with Gasteiger partial charge in [0, 0.05) is 12.5 Å². The molecule has 0 spiro atoms. The molecule has 0 aliphatic rings. The second kappa shape index (κ2) is 6.92. The highest BCUT2D eigenvalue weighted by atomic mass is 16.5. The van der Waals surface area contributed by atoms with Crippen LogP contribution in [0.2, 0.25) is 0 Å². The van der Waals surface area contributed by atoms with Gasteiger partial charge in [-0.2, -0.15) is 0 Å². The van der Waals surface area contributed by atoms with Crippen molar-refractivity contribution in [2.24, 2.45) is 0 Å². The molecule has 86 valence electrons. The predicted octanol–water partition coefficient (Wildman–Crippen LogP) is 2.24. The number of rotatable bonds is 6. The van der Waals surface area contributed by atoms with E-state index in [0.29, 0.717) is 6.04 Å². The van der Waals surface area contributed by atoms with Crippen LogP contribution in [0.25, 0.3) is 0 Å². The molecule has 0 fully saturated rings. The lowest BCUT2D eigenvalue weighted by Gasteiger charge is -2.10. The van der Waals surface area contributed by atoms with Crippen molar-refractivity contribution < 1.29 is 4.74 Å². The van der Waals surface area contributed by atoms with Crippen molar-refractivity contribution >= 4 is 0 Å². The summed E-state index contributed by atoms with van der Waals surface area (Å²) < 4.78 is 5.11. The van der Waals surface area contributed by atoms with E-state index in [9.17, 15) is 0 Å². The van der Waals surface area contributed by atoms with E-state index in [2.05, 4.69) is 30.3 Å². The molecule has 16 heavy (non-hydrogen) atoms. The molecule has 0 radical (unpaired) electrons. The molecule has 0 bridgehead atoms. The standard InChI is InChI=1S/C14H19NO/c1-4-5-12(2)15-11-10-13-6-8-14(16-3)9-7-13/h1,6-9,12,15H,5,10-11H2,2-3H3. The summed E-state index contributed by atoms with van der Waals surface area (Å²) in [7, 11) is 1.68. The van der Waals surface area contributed by atoms with Gasteiger partial charge < -0.3 is 10.1 Å². The summed E-state index contributed by atoms with van der Waals surface area (Å²) in [5, 5.41) is 3.39. The number of benzene rings is 1. The third kappa shape index (κ3) is 4.37. The second-order valence-electron chi connectivity index (χ2n) is 3.86. The van der Waals surface area contributed by atoms with Crippen LogP contribution in [0.5, 0.6) is 5.75 Å². The van der Waals surface area contributed by atoms with Gasteiger partial charge in [-0.3, -0.25) is 0 Å². The predicted molar refractivity (Wildman–Crippen MR) is 67.6 cm³/mol. The van der Waals surface area contributed by atoms with Gasteiger partial charge >= 0.3 is 0 Å². The van der Waals surface area contributed by atoms with Crippen LogP contribution in [-0.2, 0) is 6.42 Å². The van der Waals surface area contributed by atoms with Crippen LogP contribution in [0, 0.1) is 12.3 Å². The summed E-state index contributed by atoms with van der Waals surface area (Å²) in [5.74, 6) is 3.55. The molecule has 0 aliphatic carbocycles. The van der Waals surface area contributed by atoms with E-state index in [1.165, 1.54) is 5.56 Å². The summed E-state index contributed by atoms with van der Waals surface area (Å²) in [6.45, 7) is 3.06. The van der Waals surface area contributed by atoms with Gasteiger partial charge in [0.2, 0.25) is 0 Å². The topological polar surface area (TPSA) is 21.3 Å². The van der Waals surface area contributed by atoms with Gasteiger partial charge in [0.15, 0.2) is 0 Å². The van der Waals surface area contributed by atoms with Gasteiger partial charge in [-0.1, -0.05) is 12.1 Å². The minimum absolute atomic E-state index is 0.392. The molecule has 0 amide bonds. The minimum atomic E-state index is 0.392. The molecule has 0 heterocycles. The van der Waals surface area contributed by atoms with Gasteiger partial charge in [-0.05, 0) is 37.6 Å². The summed E-state index contributed by atoms with van der Waals surface area (Å²) >= 11 is 0. The first-order valence-corrected chi connectivity index (χ1v) is 5.56. The Labute approximate surface area is 98.0 Å². The Morgan fingerprint density at radius 1 is 1.38 bits per heavy atom. The fraction of sp³-hybridized carbons (Fsp3) is 0.429. The minimum Gasteiger partial charge on any atom is -0.497 e. The van der Waals surface area contributed by atoms with Crippen LogP contribution in [0.1, 0.15) is 18.9 Å². The smallest absolute Gasteiger partial charge is 0.118 e. The van der Waals surface area contributed by atoms with Crippen LogP contribution in [0.15, 0.2) is 24.3 Å². The largest absolute Gasteiger partial charge is 0.497 e. The van der Waals surface area contributed by atoms with Gasteiger partial charge in [0.25, 0.3) is 0 Å². The Balaban J connectivity index is 2.29. The van der Waals surface area contributed by atoms with Gasteiger partial charge in [0.05, 0.1) is 7.11 Å². The van der Waals surface area contributed by atoms with E-state index in [0.717, 1.165) is 25.1 Å². The fourth-order valence-electron chi connectivity index (χ4n) is 1.50. The van der Waals surface area contributed by atoms with Crippen molar-refractivity contribution in [1.29, 1.82) is 0 Å². The monoisotopic (exact) mass is 217 g/mol. The molecule has 1 rings (SSSR count). The summed E-state index contributed by atoms with van der Waals surface area (Å²) in [6, 6.07) is 8.54. The first-order valence-electron chi connectivity index (χ1n) is 5.56. The lowest BCUT2D eigenvalue weighted by Crippen LogP contribution is -2.27. The molecule has 1 unspecified atom stereocenters. The average molecular weight is 217 g/mol. The quantitative estimate of drug-likeness (QED) is 0.738. The van der Waals surface area contributed by atoms with Crippen molar-refractivity contribution in [3.63, 3.8) is 0 Å². The number of ether oxygens (including phenoxy) is 1. The average Bonchev–Trinajstić information content (AvgIpc) is 2.30. The zero-order valence-corrected chi connectivity index (χ0v) is 9.99. The molecule has 0 saturated carbocycles. The lowest BCUT2D eigenvalue weighted by atomic mass is 10.1. The van der Waals surface area contributed by atoms with Crippen LogP contribution in [0.4, 0.5) is 0 Å². The summed E-state index contributed by atoms with van der Waals surface area (Å²) in [5.41, 5.74) is 1.31. The number of terminal acetylenes is 1. The highest BCUT2D eigenvalue weighted by Gasteiger charge is 1.99. The number of nitrogens with one attached hydrogen (secondary N) is 1. The molecule has 2 heteroatoms. The molecule has 1 aromatic carbocycles. The van der Waals surface area contributed by atoms with Crippen molar-refractivity contribution in [3.05, 3.63) is 29.8 Å². The van der Waals surface area contributed by atoms with Crippen LogP contribution < -0.4 is 10.1 Å². The SMILES string of the molecule is C#CCC(C)NCCc1ccc(OC)cc1. The van der Waals surface area contributed by atoms with Crippen molar-refractivity contribution in [3.8, 4) is 18.1 Å². The number of methoxy groups -OCH3 is 1. The molecule has 0 saturated heterocycles. The fourth-order valence-corrected chi connectivity index (χ4v) is 1.50. The van der Waals surface area contributed by atoms with Crippen molar-refractivity contribution in [2.45, 2.75) is 25.8 Å². The maximum atomic E-state index is 5.24. The van der Waals surface area contributed by atoms with E-state index in [4.69, 9.17) is 11.2 Å². The molecule has 1 atom stereocenters. The van der Waals surface area contributed by atoms with E-state index in [1.54, 1.807) is 7.11 Å². The maximum Gasteiger partial charge on any atom is 0.118 e. The van der Waals surface area contributed by atoms with E-state index in [1.807, 2.05) is 12.1 Å². The van der Waals surface area contributed by atoms with E-state index < -0.39 is 0 Å². The molecule has 2 nitrogen and oxygen atoms in total. The zero-order valence-electron chi connectivity index (χ0n) is 9.99. The van der Waals surface area contributed by atoms with Crippen molar-refractivity contribution in [2.75, 3.05) is 13.7 Å². The Morgan fingerprint density at radius 3 is 2.62 bits per heavy atom. The number of hydrogen-bond donors (Lipinski definition) is 1. The van der Waals surface area contributed by atoms with Gasteiger partial charge in [0.1, 0.15) is 5.75 Å². The molecular formula is C14H19NO.